The molecule has 3 aromatic rings. The molecule has 3 N–H and O–H groups in total. The van der Waals surface area contributed by atoms with Gasteiger partial charge in [-0.15, -0.1) is 0 Å². The average Bonchev–Trinajstić information content (AvgIpc) is 2.60. The normalized spacial score (nSPS) is 12.0. The highest BCUT2D eigenvalue weighted by Gasteiger charge is 2.25. The highest BCUT2D eigenvalue weighted by Crippen LogP contribution is 2.20. The maximum absolute atomic E-state index is 13.8. The summed E-state index contributed by atoms with van der Waals surface area (Å²) in [6, 6.07) is 12.5. The topological polar surface area (TPSA) is 72.2 Å². The van der Waals surface area contributed by atoms with Crippen molar-refractivity contribution in [3.63, 3.8) is 0 Å². The zero-order valence-electron chi connectivity index (χ0n) is 14.0. The van der Waals surface area contributed by atoms with E-state index in [1.54, 1.807) is 12.1 Å². The van der Waals surface area contributed by atoms with E-state index in [1.165, 1.54) is 0 Å². The molecular formula is C20H15F3N2O2. The Morgan fingerprint density at radius 3 is 2.26 bits per heavy atom. The number of rotatable bonds is 5. The van der Waals surface area contributed by atoms with E-state index in [-0.39, 0.29) is 6.42 Å². The Kier molecular flexibility index (Phi) is 5.12. The van der Waals surface area contributed by atoms with Crippen LogP contribution >= 0.6 is 0 Å². The fraction of sp³-hybridized carbons (Fsp3) is 0.100. The minimum absolute atomic E-state index is 0.0346. The van der Waals surface area contributed by atoms with Crippen LogP contribution in [-0.4, -0.2) is 17.9 Å². The van der Waals surface area contributed by atoms with E-state index in [0.717, 1.165) is 16.3 Å². The van der Waals surface area contributed by atoms with Crippen LogP contribution in [0.25, 0.3) is 10.8 Å². The molecule has 0 aliphatic rings. The van der Waals surface area contributed by atoms with Gasteiger partial charge in [-0.3, -0.25) is 9.59 Å². The van der Waals surface area contributed by atoms with Crippen LogP contribution in [0.15, 0.2) is 54.6 Å². The molecule has 7 heteroatoms. The van der Waals surface area contributed by atoms with Gasteiger partial charge in [0, 0.05) is 18.6 Å². The number of amides is 2. The molecule has 0 aliphatic carbocycles. The van der Waals surface area contributed by atoms with Gasteiger partial charge < -0.3 is 11.1 Å². The summed E-state index contributed by atoms with van der Waals surface area (Å²) in [5, 5.41) is 4.02. The molecule has 4 nitrogen and oxygen atoms in total. The van der Waals surface area contributed by atoms with Crippen molar-refractivity contribution in [1.82, 2.24) is 5.32 Å². The second kappa shape index (κ2) is 7.49. The lowest BCUT2D eigenvalue weighted by atomic mass is 9.98. The lowest BCUT2D eigenvalue weighted by Gasteiger charge is -2.17. The second-order valence-corrected chi connectivity index (χ2v) is 6.02. The van der Waals surface area contributed by atoms with Gasteiger partial charge in [-0.2, -0.15) is 0 Å². The van der Waals surface area contributed by atoms with E-state index in [9.17, 15) is 22.8 Å². The third kappa shape index (κ3) is 3.92. The zero-order chi connectivity index (χ0) is 19.6. The molecule has 27 heavy (non-hydrogen) atoms. The number of carbonyl (C=O) groups excluding carboxylic acids is 2. The van der Waals surface area contributed by atoms with Crippen molar-refractivity contribution in [2.45, 2.75) is 12.5 Å². The van der Waals surface area contributed by atoms with Crippen molar-refractivity contribution >= 4 is 22.6 Å². The Hall–Kier alpha value is -3.35. The summed E-state index contributed by atoms with van der Waals surface area (Å²) in [7, 11) is 0. The fourth-order valence-electron chi connectivity index (χ4n) is 2.90. The number of hydrogen-bond donors (Lipinski definition) is 2. The molecular weight excluding hydrogens is 357 g/mol. The molecule has 0 saturated heterocycles. The minimum Gasteiger partial charge on any atom is -0.368 e. The number of benzene rings is 3. The molecule has 1 atom stereocenters. The zero-order valence-corrected chi connectivity index (χ0v) is 14.0. The fourth-order valence-corrected chi connectivity index (χ4v) is 2.90. The second-order valence-electron chi connectivity index (χ2n) is 6.02. The first-order valence-corrected chi connectivity index (χ1v) is 8.08. The van der Waals surface area contributed by atoms with Gasteiger partial charge >= 0.3 is 0 Å². The molecule has 0 saturated carbocycles. The van der Waals surface area contributed by atoms with E-state index in [4.69, 9.17) is 5.73 Å². The monoisotopic (exact) mass is 372 g/mol. The average molecular weight is 372 g/mol. The van der Waals surface area contributed by atoms with Gasteiger partial charge in [0.25, 0.3) is 5.91 Å². The van der Waals surface area contributed by atoms with E-state index in [0.29, 0.717) is 12.1 Å². The number of carbonyl (C=O) groups is 2. The summed E-state index contributed by atoms with van der Waals surface area (Å²) < 4.78 is 40.6. The molecule has 3 aromatic carbocycles. The molecule has 0 unspecified atom stereocenters. The molecule has 0 heterocycles. The summed E-state index contributed by atoms with van der Waals surface area (Å²) in [5.74, 6) is -5.92. The van der Waals surface area contributed by atoms with Crippen LogP contribution in [-0.2, 0) is 11.2 Å². The summed E-state index contributed by atoms with van der Waals surface area (Å²) in [6.45, 7) is 0. The molecule has 0 bridgehead atoms. The summed E-state index contributed by atoms with van der Waals surface area (Å²) in [6.07, 6.45) is 0.0346. The van der Waals surface area contributed by atoms with Crippen LogP contribution in [0.2, 0.25) is 0 Å². The van der Waals surface area contributed by atoms with Crippen LogP contribution in [0.5, 0.6) is 0 Å². The molecule has 0 aliphatic heterocycles. The first-order chi connectivity index (χ1) is 12.9. The largest absolute Gasteiger partial charge is 0.368 e. The Morgan fingerprint density at radius 1 is 0.963 bits per heavy atom. The van der Waals surface area contributed by atoms with Crippen molar-refractivity contribution in [1.29, 1.82) is 0 Å². The molecule has 2 amide bonds. The SMILES string of the molecule is NC(=O)[C@H](Cc1cccc2ccccc12)NC(=O)c1c(F)cc(F)cc1F. The Bertz CT molecular complexity index is 1010. The third-order valence-electron chi connectivity index (χ3n) is 4.19. The predicted octanol–water partition coefficient (Wildman–Crippen LogP) is 3.08. The number of hydrogen-bond acceptors (Lipinski definition) is 2. The molecule has 0 radical (unpaired) electrons. The molecule has 0 fully saturated rings. The van der Waals surface area contributed by atoms with E-state index in [1.807, 2.05) is 30.3 Å². The molecule has 138 valence electrons. The maximum Gasteiger partial charge on any atom is 0.257 e. The van der Waals surface area contributed by atoms with Crippen molar-refractivity contribution in [2.24, 2.45) is 5.73 Å². The smallest absolute Gasteiger partial charge is 0.257 e. The Labute approximate surface area is 152 Å². The quantitative estimate of drug-likeness (QED) is 0.723. The van der Waals surface area contributed by atoms with E-state index < -0.39 is 40.9 Å². The van der Waals surface area contributed by atoms with Gasteiger partial charge in [0.2, 0.25) is 5.91 Å². The van der Waals surface area contributed by atoms with Gasteiger partial charge in [-0.1, -0.05) is 42.5 Å². The summed E-state index contributed by atoms with van der Waals surface area (Å²) in [4.78, 5) is 24.0. The van der Waals surface area contributed by atoms with Crippen LogP contribution < -0.4 is 11.1 Å². The van der Waals surface area contributed by atoms with Crippen LogP contribution in [0.3, 0.4) is 0 Å². The van der Waals surface area contributed by atoms with Crippen LogP contribution in [0.1, 0.15) is 15.9 Å². The van der Waals surface area contributed by atoms with E-state index >= 15 is 0 Å². The Balaban J connectivity index is 1.89. The number of fused-ring (bicyclic) bond motifs is 1. The van der Waals surface area contributed by atoms with Gasteiger partial charge in [0.1, 0.15) is 29.1 Å². The highest BCUT2D eigenvalue weighted by atomic mass is 19.1. The van der Waals surface area contributed by atoms with Gasteiger partial charge in [0.05, 0.1) is 0 Å². The van der Waals surface area contributed by atoms with Crippen molar-refractivity contribution in [2.75, 3.05) is 0 Å². The van der Waals surface area contributed by atoms with Gasteiger partial charge in [-0.25, -0.2) is 13.2 Å². The predicted molar refractivity (Wildman–Crippen MR) is 94.4 cm³/mol. The molecule has 3 rings (SSSR count). The summed E-state index contributed by atoms with van der Waals surface area (Å²) >= 11 is 0. The summed E-state index contributed by atoms with van der Waals surface area (Å²) in [5.41, 5.74) is 5.12. The number of nitrogens with two attached hydrogens (primary N) is 1. The third-order valence-corrected chi connectivity index (χ3v) is 4.19. The van der Waals surface area contributed by atoms with E-state index in [2.05, 4.69) is 5.32 Å². The van der Waals surface area contributed by atoms with Crippen LogP contribution in [0.4, 0.5) is 13.2 Å². The van der Waals surface area contributed by atoms with Crippen molar-refractivity contribution in [3.05, 3.63) is 83.2 Å². The van der Waals surface area contributed by atoms with Crippen LogP contribution in [0, 0.1) is 17.5 Å². The first kappa shape index (κ1) is 18.4. The first-order valence-electron chi connectivity index (χ1n) is 8.08. The standard InChI is InChI=1S/C20H15F3N2O2/c21-13-9-15(22)18(16(23)10-13)20(27)25-17(19(24)26)8-12-6-3-5-11-4-1-2-7-14(11)12/h1-7,9-10,17H,8H2,(H2,24,26)(H,25,27)/t17-/m0/s1. The van der Waals surface area contributed by atoms with Gasteiger partial charge in [-0.05, 0) is 16.3 Å². The maximum atomic E-state index is 13.8. The minimum atomic E-state index is -1.36. The highest BCUT2D eigenvalue weighted by molar-refractivity contribution is 5.98. The molecule has 0 aromatic heterocycles. The molecule has 0 spiro atoms. The number of primary amides is 1. The lowest BCUT2D eigenvalue weighted by molar-refractivity contribution is -0.119. The van der Waals surface area contributed by atoms with Crippen molar-refractivity contribution < 1.29 is 22.8 Å². The number of halogens is 3. The van der Waals surface area contributed by atoms with Crippen molar-refractivity contribution in [3.8, 4) is 0 Å². The van der Waals surface area contributed by atoms with Gasteiger partial charge in [0.15, 0.2) is 0 Å². The Morgan fingerprint density at radius 2 is 1.59 bits per heavy atom. The lowest BCUT2D eigenvalue weighted by Crippen LogP contribution is -2.46. The number of nitrogens with one attached hydrogen (secondary N) is 1.